The summed E-state index contributed by atoms with van der Waals surface area (Å²) in [5, 5.41) is 4.13. The predicted molar refractivity (Wildman–Crippen MR) is 113 cm³/mol. The topological polar surface area (TPSA) is 76.2 Å². The molecule has 0 saturated carbocycles. The second-order valence-corrected chi connectivity index (χ2v) is 7.32. The van der Waals surface area contributed by atoms with Gasteiger partial charge in [-0.1, -0.05) is 0 Å². The smallest absolute Gasteiger partial charge is 0.258 e. The van der Waals surface area contributed by atoms with Crippen molar-refractivity contribution in [1.82, 2.24) is 14.5 Å². The number of halogens is 1. The van der Waals surface area contributed by atoms with Gasteiger partial charge >= 0.3 is 0 Å². The average molecular weight is 383 g/mol. The Bertz CT molecular complexity index is 1070. The number of benzene rings is 1. The summed E-state index contributed by atoms with van der Waals surface area (Å²) in [5.74, 6) is 0.252. The van der Waals surface area contributed by atoms with Gasteiger partial charge in [-0.25, -0.2) is 9.37 Å². The second-order valence-electron chi connectivity index (χ2n) is 7.32. The van der Waals surface area contributed by atoms with Crippen LogP contribution in [-0.2, 0) is 7.05 Å². The van der Waals surface area contributed by atoms with E-state index in [1.807, 2.05) is 20.2 Å². The molecular weight excluding hydrogens is 357 g/mol. The van der Waals surface area contributed by atoms with Gasteiger partial charge in [0, 0.05) is 36.8 Å². The van der Waals surface area contributed by atoms with Crippen molar-refractivity contribution in [2.24, 2.45) is 7.05 Å². The Labute approximate surface area is 163 Å². The number of nitrogens with one attached hydrogen (secondary N) is 1. The number of hydrogen-bond donors (Lipinski definition) is 2. The Morgan fingerprint density at radius 2 is 1.96 bits per heavy atom. The summed E-state index contributed by atoms with van der Waals surface area (Å²) >= 11 is 0. The number of pyridine rings is 2. The minimum atomic E-state index is -0.481. The fourth-order valence-electron chi connectivity index (χ4n) is 3.25. The van der Waals surface area contributed by atoms with Crippen molar-refractivity contribution in [2.45, 2.75) is 13.3 Å². The summed E-state index contributed by atoms with van der Waals surface area (Å²) in [4.78, 5) is 19.5. The number of nitrogens with two attached hydrogens (primary N) is 1. The Hall–Kier alpha value is -2.93. The van der Waals surface area contributed by atoms with E-state index in [4.69, 9.17) is 5.73 Å². The van der Waals surface area contributed by atoms with Crippen molar-refractivity contribution in [3.8, 4) is 11.1 Å². The molecule has 3 rings (SSSR count). The SMILES string of the molecule is Cc1cc(F)c(N)cc1-c1cc2cnc(NCCCN(C)C)cc2n(C)c1=O. The lowest BCUT2D eigenvalue weighted by atomic mass is 9.99. The highest BCUT2D eigenvalue weighted by atomic mass is 19.1. The van der Waals surface area contributed by atoms with E-state index in [0.29, 0.717) is 16.7 Å². The molecule has 2 heterocycles. The van der Waals surface area contributed by atoms with E-state index in [2.05, 4.69) is 15.2 Å². The van der Waals surface area contributed by atoms with E-state index in [1.165, 1.54) is 12.1 Å². The van der Waals surface area contributed by atoms with E-state index in [0.717, 1.165) is 36.2 Å². The minimum absolute atomic E-state index is 0.0261. The van der Waals surface area contributed by atoms with Gasteiger partial charge in [-0.3, -0.25) is 4.79 Å². The Morgan fingerprint density at radius 1 is 1.21 bits per heavy atom. The molecule has 0 aliphatic rings. The molecule has 0 amide bonds. The molecular formula is C21H26FN5O. The molecule has 1 aromatic carbocycles. The first-order chi connectivity index (χ1) is 13.3. The third-order valence-electron chi connectivity index (χ3n) is 4.83. The van der Waals surface area contributed by atoms with Crippen LogP contribution in [0, 0.1) is 12.7 Å². The molecule has 2 aromatic heterocycles. The van der Waals surface area contributed by atoms with Gasteiger partial charge in [0.15, 0.2) is 0 Å². The van der Waals surface area contributed by atoms with Gasteiger partial charge in [-0.05, 0) is 63.3 Å². The molecule has 3 aromatic rings. The van der Waals surface area contributed by atoms with Crippen LogP contribution in [0.4, 0.5) is 15.9 Å². The van der Waals surface area contributed by atoms with Crippen molar-refractivity contribution in [1.29, 1.82) is 0 Å². The molecule has 3 N–H and O–H groups in total. The number of nitrogens with zero attached hydrogens (tertiary/aromatic N) is 3. The van der Waals surface area contributed by atoms with E-state index in [-0.39, 0.29) is 11.2 Å². The highest BCUT2D eigenvalue weighted by molar-refractivity contribution is 5.86. The van der Waals surface area contributed by atoms with E-state index in [1.54, 1.807) is 30.8 Å². The predicted octanol–water partition coefficient (Wildman–Crippen LogP) is 2.99. The number of hydrogen-bond acceptors (Lipinski definition) is 5. The lowest BCUT2D eigenvalue weighted by molar-refractivity contribution is 0.405. The number of rotatable bonds is 6. The molecule has 0 aliphatic heterocycles. The molecule has 7 heteroatoms. The third kappa shape index (κ3) is 3.99. The lowest BCUT2D eigenvalue weighted by Gasteiger charge is -2.13. The summed E-state index contributed by atoms with van der Waals surface area (Å²) in [7, 11) is 5.81. The third-order valence-corrected chi connectivity index (χ3v) is 4.83. The van der Waals surface area contributed by atoms with Gasteiger partial charge < -0.3 is 20.5 Å². The molecule has 0 spiro atoms. The molecule has 0 radical (unpaired) electrons. The van der Waals surface area contributed by atoms with Gasteiger partial charge in [0.05, 0.1) is 11.2 Å². The summed E-state index contributed by atoms with van der Waals surface area (Å²) in [6.07, 6.45) is 2.74. The van der Waals surface area contributed by atoms with Crippen molar-refractivity contribution < 1.29 is 4.39 Å². The van der Waals surface area contributed by atoms with Crippen LogP contribution >= 0.6 is 0 Å². The largest absolute Gasteiger partial charge is 0.396 e. The summed E-state index contributed by atoms with van der Waals surface area (Å²) in [5.41, 5.74) is 8.14. The number of anilines is 2. The fraction of sp³-hybridized carbons (Fsp3) is 0.333. The van der Waals surface area contributed by atoms with E-state index < -0.39 is 5.82 Å². The molecule has 0 atom stereocenters. The summed E-state index contributed by atoms with van der Waals surface area (Å²) in [6.45, 7) is 3.56. The van der Waals surface area contributed by atoms with Crippen LogP contribution in [0.1, 0.15) is 12.0 Å². The van der Waals surface area contributed by atoms with E-state index >= 15 is 0 Å². The van der Waals surface area contributed by atoms with Crippen molar-refractivity contribution in [3.63, 3.8) is 0 Å². The molecule has 6 nitrogen and oxygen atoms in total. The first kappa shape index (κ1) is 19.8. The molecule has 0 saturated heterocycles. The highest BCUT2D eigenvalue weighted by Crippen LogP contribution is 2.27. The fourth-order valence-corrected chi connectivity index (χ4v) is 3.25. The second kappa shape index (κ2) is 7.98. The highest BCUT2D eigenvalue weighted by Gasteiger charge is 2.14. The Morgan fingerprint density at radius 3 is 2.68 bits per heavy atom. The van der Waals surface area contributed by atoms with Crippen LogP contribution in [0.3, 0.4) is 0 Å². The number of fused-ring (bicyclic) bond motifs is 1. The maximum absolute atomic E-state index is 13.7. The molecule has 0 unspecified atom stereocenters. The number of aromatic nitrogens is 2. The maximum atomic E-state index is 13.7. The van der Waals surface area contributed by atoms with E-state index in [9.17, 15) is 9.18 Å². The molecule has 148 valence electrons. The standard InChI is InChI=1S/C21H26FN5O/c1-13-8-17(22)18(23)10-15(13)16-9-14-12-25-20(24-6-5-7-26(2)3)11-19(14)27(4)21(16)28/h8-12H,5-7,23H2,1-4H3,(H,24,25). The minimum Gasteiger partial charge on any atom is -0.396 e. The van der Waals surface area contributed by atoms with Gasteiger partial charge in [0.2, 0.25) is 0 Å². The summed E-state index contributed by atoms with van der Waals surface area (Å²) < 4.78 is 15.3. The number of nitrogen functional groups attached to an aromatic ring is 1. The molecule has 0 fully saturated rings. The average Bonchev–Trinajstić information content (AvgIpc) is 2.65. The maximum Gasteiger partial charge on any atom is 0.258 e. The lowest BCUT2D eigenvalue weighted by Crippen LogP contribution is -2.20. The Kier molecular flexibility index (Phi) is 5.65. The van der Waals surface area contributed by atoms with Gasteiger partial charge in [0.25, 0.3) is 5.56 Å². The van der Waals surface area contributed by atoms with Crippen LogP contribution in [0.25, 0.3) is 22.0 Å². The first-order valence-electron chi connectivity index (χ1n) is 9.22. The quantitative estimate of drug-likeness (QED) is 0.506. The Balaban J connectivity index is 1.98. The molecule has 28 heavy (non-hydrogen) atoms. The van der Waals surface area contributed by atoms with Crippen molar-refractivity contribution in [3.05, 3.63) is 52.2 Å². The van der Waals surface area contributed by atoms with Crippen LogP contribution < -0.4 is 16.6 Å². The summed E-state index contributed by atoms with van der Waals surface area (Å²) in [6, 6.07) is 6.54. The molecule has 0 bridgehead atoms. The van der Waals surface area contributed by atoms with Crippen LogP contribution in [0.2, 0.25) is 0 Å². The molecule has 0 aliphatic carbocycles. The number of aryl methyl sites for hydroxylation is 2. The van der Waals surface area contributed by atoms with Gasteiger partial charge in [-0.2, -0.15) is 0 Å². The monoisotopic (exact) mass is 383 g/mol. The first-order valence-corrected chi connectivity index (χ1v) is 9.22. The zero-order valence-electron chi connectivity index (χ0n) is 16.7. The van der Waals surface area contributed by atoms with Crippen molar-refractivity contribution in [2.75, 3.05) is 38.2 Å². The zero-order chi connectivity index (χ0) is 20.4. The van der Waals surface area contributed by atoms with Gasteiger partial charge in [-0.15, -0.1) is 0 Å². The van der Waals surface area contributed by atoms with Crippen molar-refractivity contribution >= 4 is 22.4 Å². The zero-order valence-corrected chi connectivity index (χ0v) is 16.7. The van der Waals surface area contributed by atoms with Crippen LogP contribution in [0.5, 0.6) is 0 Å². The normalized spacial score (nSPS) is 11.4. The van der Waals surface area contributed by atoms with Gasteiger partial charge in [0.1, 0.15) is 11.6 Å². The van der Waals surface area contributed by atoms with Crippen LogP contribution in [0.15, 0.2) is 35.3 Å². The van der Waals surface area contributed by atoms with Crippen LogP contribution in [-0.4, -0.2) is 41.6 Å².